The Hall–Kier alpha value is -1.14. The van der Waals surface area contributed by atoms with Gasteiger partial charge in [0.1, 0.15) is 0 Å². The molecule has 0 aromatic heterocycles. The van der Waals surface area contributed by atoms with Crippen LogP contribution in [0.25, 0.3) is 0 Å². The first-order chi connectivity index (χ1) is 7.60. The van der Waals surface area contributed by atoms with Gasteiger partial charge in [0.2, 0.25) is 11.8 Å². The molecule has 6 heteroatoms. The molecule has 1 aliphatic heterocycles. The summed E-state index contributed by atoms with van der Waals surface area (Å²) in [5.74, 6) is -0.420. The lowest BCUT2D eigenvalue weighted by atomic mass is 10.0. The van der Waals surface area contributed by atoms with Gasteiger partial charge in [-0.1, -0.05) is 0 Å². The van der Waals surface area contributed by atoms with Gasteiger partial charge in [-0.25, -0.2) is 0 Å². The Kier molecular flexibility index (Phi) is 4.70. The Morgan fingerprint density at radius 1 is 1.38 bits per heavy atom. The van der Waals surface area contributed by atoms with E-state index in [1.54, 1.807) is 21.1 Å². The second-order valence-electron chi connectivity index (χ2n) is 3.91. The fourth-order valence-corrected chi connectivity index (χ4v) is 1.74. The van der Waals surface area contributed by atoms with Gasteiger partial charge in [-0.05, 0) is 7.05 Å². The first-order valence-electron chi connectivity index (χ1n) is 5.30. The monoisotopic (exact) mass is 229 g/mol. The standard InChI is InChI=1S/C10H19N3O3/c1-11-8-6-16-5-7(8)10(15)13(3)4-9(14)12-2/h7-8,11H,4-6H2,1-3H3,(H,12,14). The van der Waals surface area contributed by atoms with Crippen LogP contribution >= 0.6 is 0 Å². The maximum absolute atomic E-state index is 12.0. The van der Waals surface area contributed by atoms with Crippen LogP contribution in [-0.4, -0.2) is 63.7 Å². The minimum atomic E-state index is -0.195. The number of carbonyl (C=O) groups excluding carboxylic acids is 2. The highest BCUT2D eigenvalue weighted by Gasteiger charge is 2.34. The molecule has 6 nitrogen and oxygen atoms in total. The minimum absolute atomic E-state index is 0.0413. The van der Waals surface area contributed by atoms with Gasteiger partial charge >= 0.3 is 0 Å². The molecule has 0 saturated carbocycles. The van der Waals surface area contributed by atoms with Gasteiger partial charge < -0.3 is 20.3 Å². The summed E-state index contributed by atoms with van der Waals surface area (Å²) in [7, 11) is 4.98. The zero-order valence-electron chi connectivity index (χ0n) is 9.95. The van der Waals surface area contributed by atoms with Crippen LogP contribution in [0.15, 0.2) is 0 Å². The summed E-state index contributed by atoms with van der Waals surface area (Å²) < 4.78 is 5.25. The van der Waals surface area contributed by atoms with Crippen molar-refractivity contribution in [2.24, 2.45) is 5.92 Å². The van der Waals surface area contributed by atoms with Crippen LogP contribution in [0.5, 0.6) is 0 Å². The molecule has 0 spiro atoms. The molecule has 1 saturated heterocycles. The lowest BCUT2D eigenvalue weighted by Crippen LogP contribution is -2.46. The summed E-state index contributed by atoms with van der Waals surface area (Å²) in [4.78, 5) is 24.6. The van der Waals surface area contributed by atoms with Gasteiger partial charge in [-0.2, -0.15) is 0 Å². The number of amides is 2. The highest BCUT2D eigenvalue weighted by atomic mass is 16.5. The highest BCUT2D eigenvalue weighted by Crippen LogP contribution is 2.15. The lowest BCUT2D eigenvalue weighted by Gasteiger charge is -2.22. The van der Waals surface area contributed by atoms with Crippen molar-refractivity contribution in [3.63, 3.8) is 0 Å². The molecule has 1 rings (SSSR count). The molecule has 1 heterocycles. The van der Waals surface area contributed by atoms with Crippen LogP contribution in [0.1, 0.15) is 0 Å². The Morgan fingerprint density at radius 2 is 2.06 bits per heavy atom. The number of hydrogen-bond donors (Lipinski definition) is 2. The molecule has 16 heavy (non-hydrogen) atoms. The van der Waals surface area contributed by atoms with Gasteiger partial charge in [0.25, 0.3) is 0 Å². The van der Waals surface area contributed by atoms with Crippen molar-refractivity contribution < 1.29 is 14.3 Å². The molecule has 0 aromatic rings. The van der Waals surface area contributed by atoms with Crippen molar-refractivity contribution in [1.29, 1.82) is 0 Å². The first-order valence-corrected chi connectivity index (χ1v) is 5.30. The Labute approximate surface area is 95.3 Å². The average Bonchev–Trinajstić information content (AvgIpc) is 2.75. The Balaban J connectivity index is 2.52. The van der Waals surface area contributed by atoms with Crippen molar-refractivity contribution in [3.8, 4) is 0 Å². The summed E-state index contributed by atoms with van der Waals surface area (Å²) in [6.45, 7) is 1.05. The fourth-order valence-electron chi connectivity index (χ4n) is 1.74. The molecular weight excluding hydrogens is 210 g/mol. The van der Waals surface area contributed by atoms with Gasteiger partial charge in [0.15, 0.2) is 0 Å². The summed E-state index contributed by atoms with van der Waals surface area (Å²) in [5.41, 5.74) is 0. The maximum atomic E-state index is 12.0. The van der Waals surface area contributed by atoms with Gasteiger partial charge in [0.05, 0.1) is 25.7 Å². The van der Waals surface area contributed by atoms with Crippen molar-refractivity contribution in [1.82, 2.24) is 15.5 Å². The predicted molar refractivity (Wildman–Crippen MR) is 58.9 cm³/mol. The summed E-state index contributed by atoms with van der Waals surface area (Å²) in [5, 5.41) is 5.53. The van der Waals surface area contributed by atoms with E-state index in [-0.39, 0.29) is 30.3 Å². The lowest BCUT2D eigenvalue weighted by molar-refractivity contribution is -0.138. The van der Waals surface area contributed by atoms with Crippen LogP contribution in [0, 0.1) is 5.92 Å². The number of ether oxygens (including phenoxy) is 1. The third kappa shape index (κ3) is 2.93. The number of carbonyl (C=O) groups is 2. The van der Waals surface area contributed by atoms with Gasteiger partial charge in [0, 0.05) is 20.1 Å². The largest absolute Gasteiger partial charge is 0.379 e. The quantitative estimate of drug-likeness (QED) is 0.611. The molecule has 2 atom stereocenters. The molecule has 2 unspecified atom stereocenters. The van der Waals surface area contributed by atoms with E-state index in [1.807, 2.05) is 0 Å². The molecule has 0 aliphatic carbocycles. The van der Waals surface area contributed by atoms with E-state index in [9.17, 15) is 9.59 Å². The molecule has 92 valence electrons. The van der Waals surface area contributed by atoms with E-state index in [2.05, 4.69) is 10.6 Å². The molecule has 2 N–H and O–H groups in total. The number of hydrogen-bond acceptors (Lipinski definition) is 4. The molecule has 0 radical (unpaired) electrons. The summed E-state index contributed by atoms with van der Waals surface area (Å²) in [6.07, 6.45) is 0. The number of nitrogens with zero attached hydrogens (tertiary/aromatic N) is 1. The van der Waals surface area contributed by atoms with E-state index < -0.39 is 0 Å². The molecule has 2 amide bonds. The van der Waals surface area contributed by atoms with Gasteiger partial charge in [-0.15, -0.1) is 0 Å². The van der Waals surface area contributed by atoms with E-state index in [1.165, 1.54) is 4.90 Å². The Bertz CT molecular complexity index is 270. The van der Waals surface area contributed by atoms with Crippen LogP contribution in [-0.2, 0) is 14.3 Å². The van der Waals surface area contributed by atoms with E-state index >= 15 is 0 Å². The fraction of sp³-hybridized carbons (Fsp3) is 0.800. The minimum Gasteiger partial charge on any atom is -0.379 e. The zero-order chi connectivity index (χ0) is 12.1. The smallest absolute Gasteiger partial charge is 0.239 e. The normalized spacial score (nSPS) is 24.2. The van der Waals surface area contributed by atoms with E-state index in [0.717, 1.165) is 0 Å². The van der Waals surface area contributed by atoms with E-state index in [0.29, 0.717) is 13.2 Å². The third-order valence-corrected chi connectivity index (χ3v) is 2.80. The Morgan fingerprint density at radius 3 is 2.62 bits per heavy atom. The topological polar surface area (TPSA) is 70.7 Å². The van der Waals surface area contributed by atoms with Crippen LogP contribution in [0.2, 0.25) is 0 Å². The van der Waals surface area contributed by atoms with E-state index in [4.69, 9.17) is 4.74 Å². The zero-order valence-corrected chi connectivity index (χ0v) is 9.95. The number of nitrogens with one attached hydrogen (secondary N) is 2. The van der Waals surface area contributed by atoms with Crippen LogP contribution in [0.3, 0.4) is 0 Å². The SMILES string of the molecule is CNC(=O)CN(C)C(=O)C1COCC1NC. The van der Waals surface area contributed by atoms with Gasteiger partial charge in [-0.3, -0.25) is 9.59 Å². The number of likely N-dealkylation sites (N-methyl/N-ethyl adjacent to an activating group) is 3. The van der Waals surface area contributed by atoms with Crippen molar-refractivity contribution in [3.05, 3.63) is 0 Å². The molecular formula is C10H19N3O3. The first kappa shape index (κ1) is 12.9. The predicted octanol–water partition coefficient (Wildman–Crippen LogP) is -1.57. The number of rotatable bonds is 4. The second-order valence-corrected chi connectivity index (χ2v) is 3.91. The molecule has 0 aromatic carbocycles. The van der Waals surface area contributed by atoms with Crippen LogP contribution in [0.4, 0.5) is 0 Å². The van der Waals surface area contributed by atoms with Crippen molar-refractivity contribution >= 4 is 11.8 Å². The maximum Gasteiger partial charge on any atom is 0.239 e. The summed E-state index contributed by atoms with van der Waals surface area (Å²) in [6, 6.07) is 0.0413. The summed E-state index contributed by atoms with van der Waals surface area (Å²) >= 11 is 0. The molecule has 1 fully saturated rings. The van der Waals surface area contributed by atoms with Crippen LogP contribution < -0.4 is 10.6 Å². The molecule has 0 bridgehead atoms. The van der Waals surface area contributed by atoms with Crippen molar-refractivity contribution in [2.75, 3.05) is 40.9 Å². The highest BCUT2D eigenvalue weighted by molar-refractivity contribution is 5.86. The molecule has 1 aliphatic rings. The third-order valence-electron chi connectivity index (χ3n) is 2.80. The second kappa shape index (κ2) is 5.81. The average molecular weight is 229 g/mol. The van der Waals surface area contributed by atoms with Crippen molar-refractivity contribution in [2.45, 2.75) is 6.04 Å².